The maximum absolute atomic E-state index is 12.1. The van der Waals surface area contributed by atoms with Crippen molar-refractivity contribution in [2.24, 2.45) is 0 Å². The molecular weight excluding hydrogens is 270 g/mol. The van der Waals surface area contributed by atoms with Crippen LogP contribution in [-0.2, 0) is 0 Å². The maximum Gasteiger partial charge on any atom is 0.259 e. The number of carbonyl (C=O) groups excluding carboxylic acids is 1. The monoisotopic (exact) mass is 289 g/mol. The van der Waals surface area contributed by atoms with Gasteiger partial charge in [-0.05, 0) is 32.9 Å². The van der Waals surface area contributed by atoms with Gasteiger partial charge in [-0.3, -0.25) is 9.89 Å². The van der Waals surface area contributed by atoms with E-state index in [1.54, 1.807) is 25.1 Å². The van der Waals surface area contributed by atoms with Gasteiger partial charge in [-0.25, -0.2) is 0 Å². The van der Waals surface area contributed by atoms with Gasteiger partial charge in [0.25, 0.3) is 5.91 Å². The number of aromatic amines is 1. The van der Waals surface area contributed by atoms with Crippen molar-refractivity contribution in [3.8, 4) is 11.5 Å². The summed E-state index contributed by atoms with van der Waals surface area (Å²) in [7, 11) is 0. The molecule has 6 heteroatoms. The first-order valence-corrected chi connectivity index (χ1v) is 6.86. The molecule has 0 spiro atoms. The molecule has 2 aromatic rings. The quantitative estimate of drug-likeness (QED) is 0.857. The smallest absolute Gasteiger partial charge is 0.259 e. The number of benzene rings is 1. The Morgan fingerprint density at radius 2 is 1.95 bits per heavy atom. The summed E-state index contributed by atoms with van der Waals surface area (Å²) in [5, 5.41) is 9.40. The van der Waals surface area contributed by atoms with Crippen molar-refractivity contribution in [1.29, 1.82) is 0 Å². The molecule has 112 valence electrons. The number of aromatic nitrogens is 2. The number of carbonyl (C=O) groups is 1. The van der Waals surface area contributed by atoms with Gasteiger partial charge in [0.15, 0.2) is 11.5 Å². The van der Waals surface area contributed by atoms with Crippen LogP contribution in [0.3, 0.4) is 0 Å². The van der Waals surface area contributed by atoms with E-state index in [2.05, 4.69) is 15.5 Å². The Kier molecular flexibility index (Phi) is 4.81. The zero-order chi connectivity index (χ0) is 15.2. The first-order valence-electron chi connectivity index (χ1n) is 6.86. The molecule has 6 nitrogen and oxygen atoms in total. The first kappa shape index (κ1) is 14.9. The van der Waals surface area contributed by atoms with Crippen LogP contribution in [0.1, 0.15) is 29.9 Å². The van der Waals surface area contributed by atoms with Gasteiger partial charge >= 0.3 is 0 Å². The van der Waals surface area contributed by atoms with Crippen LogP contribution in [0.2, 0.25) is 0 Å². The minimum absolute atomic E-state index is 0.215. The Bertz CT molecular complexity index is 622. The number of nitrogens with zero attached hydrogens (tertiary/aromatic N) is 1. The van der Waals surface area contributed by atoms with E-state index in [0.717, 1.165) is 5.69 Å². The molecule has 1 aromatic heterocycles. The molecule has 2 N–H and O–H groups in total. The molecule has 0 bridgehead atoms. The van der Waals surface area contributed by atoms with Crippen LogP contribution < -0.4 is 14.8 Å². The molecule has 0 saturated carbocycles. The van der Waals surface area contributed by atoms with Crippen LogP contribution in [0.5, 0.6) is 11.5 Å². The third-order valence-electron chi connectivity index (χ3n) is 2.88. The highest BCUT2D eigenvalue weighted by Gasteiger charge is 2.12. The average molecular weight is 289 g/mol. The Labute approximate surface area is 123 Å². The standard InChI is InChI=1S/C15H19N3O3/c1-4-20-13-7-6-11(8-14(13)21-5-2)17-15(19)12-9-16-18-10(12)3/h6-9H,4-5H2,1-3H3,(H,16,18)(H,17,19). The molecule has 0 saturated heterocycles. The summed E-state index contributed by atoms with van der Waals surface area (Å²) >= 11 is 0. The minimum atomic E-state index is -0.215. The second kappa shape index (κ2) is 6.78. The molecule has 0 atom stereocenters. The van der Waals surface area contributed by atoms with Gasteiger partial charge in [0, 0.05) is 17.4 Å². The number of hydrogen-bond donors (Lipinski definition) is 2. The second-order valence-corrected chi connectivity index (χ2v) is 4.39. The lowest BCUT2D eigenvalue weighted by atomic mass is 10.2. The summed E-state index contributed by atoms with van der Waals surface area (Å²) in [6.45, 7) is 6.69. The number of nitrogens with one attached hydrogen (secondary N) is 2. The van der Waals surface area contributed by atoms with Crippen molar-refractivity contribution in [1.82, 2.24) is 10.2 Å². The summed E-state index contributed by atoms with van der Waals surface area (Å²) in [6.07, 6.45) is 1.50. The number of hydrogen-bond acceptors (Lipinski definition) is 4. The number of aryl methyl sites for hydroxylation is 1. The molecule has 1 amide bonds. The van der Waals surface area contributed by atoms with Crippen molar-refractivity contribution in [3.63, 3.8) is 0 Å². The summed E-state index contributed by atoms with van der Waals surface area (Å²) in [6, 6.07) is 5.31. The molecule has 0 aliphatic rings. The Hall–Kier alpha value is -2.50. The zero-order valence-electron chi connectivity index (χ0n) is 12.4. The van der Waals surface area contributed by atoms with Crippen molar-refractivity contribution >= 4 is 11.6 Å². The SMILES string of the molecule is CCOc1ccc(NC(=O)c2cn[nH]c2C)cc1OCC. The van der Waals surface area contributed by atoms with Crippen molar-refractivity contribution in [3.05, 3.63) is 35.7 Å². The molecule has 0 aliphatic heterocycles. The summed E-state index contributed by atoms with van der Waals surface area (Å²) < 4.78 is 11.0. The molecule has 0 unspecified atom stereocenters. The van der Waals surface area contributed by atoms with Gasteiger partial charge in [-0.15, -0.1) is 0 Å². The topological polar surface area (TPSA) is 76.2 Å². The second-order valence-electron chi connectivity index (χ2n) is 4.39. The van der Waals surface area contributed by atoms with Crippen LogP contribution in [0, 0.1) is 6.92 Å². The molecule has 0 radical (unpaired) electrons. The molecule has 1 aromatic carbocycles. The fourth-order valence-electron chi connectivity index (χ4n) is 1.91. The van der Waals surface area contributed by atoms with Crippen LogP contribution in [0.4, 0.5) is 5.69 Å². The summed E-state index contributed by atoms with van der Waals surface area (Å²) in [5.41, 5.74) is 1.89. The largest absolute Gasteiger partial charge is 0.490 e. The Morgan fingerprint density at radius 1 is 1.24 bits per heavy atom. The molecule has 2 rings (SSSR count). The lowest BCUT2D eigenvalue weighted by molar-refractivity contribution is 0.102. The van der Waals surface area contributed by atoms with Crippen LogP contribution in [0.25, 0.3) is 0 Å². The number of H-pyrrole nitrogens is 1. The third kappa shape index (κ3) is 3.53. The third-order valence-corrected chi connectivity index (χ3v) is 2.88. The van der Waals surface area contributed by atoms with E-state index in [-0.39, 0.29) is 5.91 Å². The lowest BCUT2D eigenvalue weighted by Gasteiger charge is -2.12. The van der Waals surface area contributed by atoms with E-state index in [1.165, 1.54) is 6.20 Å². The van der Waals surface area contributed by atoms with Gasteiger partial charge in [0.1, 0.15) is 0 Å². The number of rotatable bonds is 6. The van der Waals surface area contributed by atoms with E-state index in [1.807, 2.05) is 13.8 Å². The van der Waals surface area contributed by atoms with Gasteiger partial charge < -0.3 is 14.8 Å². The molecular formula is C15H19N3O3. The van der Waals surface area contributed by atoms with Gasteiger partial charge in [0.2, 0.25) is 0 Å². The Balaban J connectivity index is 2.18. The highest BCUT2D eigenvalue weighted by molar-refractivity contribution is 6.04. The number of anilines is 1. The van der Waals surface area contributed by atoms with Crippen molar-refractivity contribution in [2.75, 3.05) is 18.5 Å². The maximum atomic E-state index is 12.1. The van der Waals surface area contributed by atoms with Crippen LogP contribution in [-0.4, -0.2) is 29.3 Å². The van der Waals surface area contributed by atoms with Crippen molar-refractivity contribution in [2.45, 2.75) is 20.8 Å². The van der Waals surface area contributed by atoms with E-state index in [4.69, 9.17) is 9.47 Å². The lowest BCUT2D eigenvalue weighted by Crippen LogP contribution is -2.12. The minimum Gasteiger partial charge on any atom is -0.490 e. The average Bonchev–Trinajstić information content (AvgIpc) is 2.88. The van der Waals surface area contributed by atoms with Crippen LogP contribution in [0.15, 0.2) is 24.4 Å². The zero-order valence-corrected chi connectivity index (χ0v) is 12.4. The number of amides is 1. The molecule has 0 fully saturated rings. The van der Waals surface area contributed by atoms with Gasteiger partial charge in [0.05, 0.1) is 25.0 Å². The fraction of sp³-hybridized carbons (Fsp3) is 0.333. The predicted octanol–water partition coefficient (Wildman–Crippen LogP) is 2.77. The molecule has 21 heavy (non-hydrogen) atoms. The van der Waals surface area contributed by atoms with Gasteiger partial charge in [-0.1, -0.05) is 0 Å². The highest BCUT2D eigenvalue weighted by atomic mass is 16.5. The van der Waals surface area contributed by atoms with E-state index in [9.17, 15) is 4.79 Å². The Morgan fingerprint density at radius 3 is 2.57 bits per heavy atom. The summed E-state index contributed by atoms with van der Waals surface area (Å²) in [5.74, 6) is 1.06. The number of ether oxygens (including phenoxy) is 2. The van der Waals surface area contributed by atoms with Gasteiger partial charge in [-0.2, -0.15) is 5.10 Å². The molecule has 1 heterocycles. The van der Waals surface area contributed by atoms with E-state index >= 15 is 0 Å². The van der Waals surface area contributed by atoms with Crippen molar-refractivity contribution < 1.29 is 14.3 Å². The van der Waals surface area contributed by atoms with E-state index in [0.29, 0.717) is 36.0 Å². The summed E-state index contributed by atoms with van der Waals surface area (Å²) in [4.78, 5) is 12.1. The van der Waals surface area contributed by atoms with Crippen LogP contribution >= 0.6 is 0 Å². The fourth-order valence-corrected chi connectivity index (χ4v) is 1.91. The van der Waals surface area contributed by atoms with E-state index < -0.39 is 0 Å². The first-order chi connectivity index (χ1) is 10.2. The highest BCUT2D eigenvalue weighted by Crippen LogP contribution is 2.30. The predicted molar refractivity (Wildman–Crippen MR) is 80.1 cm³/mol. The normalized spacial score (nSPS) is 10.2. The molecule has 0 aliphatic carbocycles.